The van der Waals surface area contributed by atoms with Gasteiger partial charge in [0, 0.05) is 6.42 Å². The molecule has 0 rings (SSSR count). The van der Waals surface area contributed by atoms with Gasteiger partial charge in [0.2, 0.25) is 5.78 Å². The maximum Gasteiger partial charge on any atom is 0.460 e. The maximum absolute atomic E-state index is 13.3. The lowest BCUT2D eigenvalue weighted by Crippen LogP contribution is -2.73. The Morgan fingerprint density at radius 2 is 0.857 bits per heavy atom. The first-order valence-corrected chi connectivity index (χ1v) is 6.71. The number of carbonyl (C=O) groups excluding carboxylic acids is 1. The van der Waals surface area contributed by atoms with Crippen molar-refractivity contribution in [2.75, 3.05) is 0 Å². The van der Waals surface area contributed by atoms with E-state index in [0.29, 0.717) is 0 Å². The molecule has 0 aliphatic heterocycles. The van der Waals surface area contributed by atoms with Crippen LogP contribution in [0.4, 0.5) is 65.9 Å². The molecular weight excluding hydrogens is 445 g/mol. The van der Waals surface area contributed by atoms with Crippen LogP contribution in [0.3, 0.4) is 0 Å². The summed E-state index contributed by atoms with van der Waals surface area (Å²) in [5, 5.41) is 0. The van der Waals surface area contributed by atoms with Crippen molar-refractivity contribution >= 4 is 5.78 Å². The molecule has 0 spiro atoms. The van der Waals surface area contributed by atoms with Crippen molar-refractivity contribution in [3.05, 3.63) is 0 Å². The van der Waals surface area contributed by atoms with Crippen LogP contribution in [0, 0.1) is 5.92 Å². The Labute approximate surface area is 145 Å². The molecular formula is C12H9F15O. The van der Waals surface area contributed by atoms with Gasteiger partial charge in [-0.25, -0.2) is 0 Å². The summed E-state index contributed by atoms with van der Waals surface area (Å²) in [6.07, 6.45) is -9.32. The van der Waals surface area contributed by atoms with Gasteiger partial charge < -0.3 is 0 Å². The lowest BCUT2D eigenvalue weighted by molar-refractivity contribution is -0.449. The maximum atomic E-state index is 13.3. The topological polar surface area (TPSA) is 17.1 Å². The molecule has 0 aromatic carbocycles. The highest BCUT2D eigenvalue weighted by Gasteiger charge is 2.93. The van der Waals surface area contributed by atoms with Crippen molar-refractivity contribution in [1.29, 1.82) is 0 Å². The molecule has 0 bridgehead atoms. The summed E-state index contributed by atoms with van der Waals surface area (Å²) in [6.45, 7) is 1.77. The van der Waals surface area contributed by atoms with Crippen LogP contribution in [0.5, 0.6) is 0 Å². The summed E-state index contributed by atoms with van der Waals surface area (Å²) in [7, 11) is 0. The smallest absolute Gasteiger partial charge is 0.293 e. The molecule has 0 fully saturated rings. The molecule has 1 nitrogen and oxygen atoms in total. The van der Waals surface area contributed by atoms with Gasteiger partial charge in [-0.3, -0.25) is 4.79 Å². The molecule has 16 heteroatoms. The summed E-state index contributed by atoms with van der Waals surface area (Å²) in [4.78, 5) is 11.0. The SMILES string of the molecule is CC(C)CC(=O)C(F)(F)C(F)(F)C(F)(F)C(F)(F)C(F)(F)C(F)(F)C(F)(F)F. The zero-order valence-electron chi connectivity index (χ0n) is 13.4. The van der Waals surface area contributed by atoms with E-state index >= 15 is 0 Å². The fourth-order valence-corrected chi connectivity index (χ4v) is 1.64. The summed E-state index contributed by atoms with van der Waals surface area (Å²) in [6, 6.07) is 0. The molecule has 0 N–H and O–H groups in total. The van der Waals surface area contributed by atoms with E-state index in [-0.39, 0.29) is 0 Å². The minimum atomic E-state index is -8.37. The average molecular weight is 454 g/mol. The van der Waals surface area contributed by atoms with E-state index < -0.39 is 59.8 Å². The van der Waals surface area contributed by atoms with Gasteiger partial charge in [-0.05, 0) is 5.92 Å². The number of halogens is 15. The fraction of sp³-hybridized carbons (Fsp3) is 0.917. The van der Waals surface area contributed by atoms with E-state index in [1.165, 1.54) is 0 Å². The third-order valence-corrected chi connectivity index (χ3v) is 3.27. The van der Waals surface area contributed by atoms with Gasteiger partial charge in [0.25, 0.3) is 0 Å². The highest BCUT2D eigenvalue weighted by Crippen LogP contribution is 2.62. The molecule has 0 saturated carbocycles. The van der Waals surface area contributed by atoms with Gasteiger partial charge in [0.05, 0.1) is 0 Å². The summed E-state index contributed by atoms with van der Waals surface area (Å²) in [5.41, 5.74) is 0. The third kappa shape index (κ3) is 3.50. The quantitative estimate of drug-likeness (QED) is 0.413. The Morgan fingerprint density at radius 1 is 0.571 bits per heavy atom. The first kappa shape index (κ1) is 26.6. The lowest BCUT2D eigenvalue weighted by atomic mass is 9.88. The number of rotatable bonds is 8. The summed E-state index contributed by atoms with van der Waals surface area (Å²) in [5.74, 6) is -51.9. The minimum Gasteiger partial charge on any atom is -0.293 e. The molecule has 28 heavy (non-hydrogen) atoms. The van der Waals surface area contributed by atoms with Gasteiger partial charge in [0.1, 0.15) is 0 Å². The largest absolute Gasteiger partial charge is 0.460 e. The predicted octanol–water partition coefficient (Wildman–Crippen LogP) is 5.98. The van der Waals surface area contributed by atoms with Gasteiger partial charge >= 0.3 is 41.7 Å². The Hall–Kier alpha value is -1.38. The molecule has 0 radical (unpaired) electrons. The van der Waals surface area contributed by atoms with Gasteiger partial charge in [-0.15, -0.1) is 0 Å². The van der Waals surface area contributed by atoms with Crippen molar-refractivity contribution in [1.82, 2.24) is 0 Å². The van der Waals surface area contributed by atoms with Crippen molar-refractivity contribution < 1.29 is 70.7 Å². The third-order valence-electron chi connectivity index (χ3n) is 3.27. The van der Waals surface area contributed by atoms with Crippen LogP contribution in [-0.4, -0.2) is 47.5 Å². The first-order chi connectivity index (χ1) is 11.8. The van der Waals surface area contributed by atoms with Crippen LogP contribution in [0.25, 0.3) is 0 Å². The standard InChI is InChI=1S/C12H9F15O/c1-4(2)3-5(28)6(13,14)7(15,16)8(17,18)9(19,20)10(21,22)11(23,24)12(25,26)27/h4H,3H2,1-2H3. The van der Waals surface area contributed by atoms with Crippen LogP contribution in [-0.2, 0) is 4.79 Å². The Kier molecular flexibility index (Phi) is 6.51. The van der Waals surface area contributed by atoms with E-state index in [1.54, 1.807) is 0 Å². The first-order valence-electron chi connectivity index (χ1n) is 6.71. The lowest BCUT2D eigenvalue weighted by Gasteiger charge is -2.41. The highest BCUT2D eigenvalue weighted by atomic mass is 19.4. The number of alkyl halides is 15. The number of carbonyl (C=O) groups is 1. The van der Waals surface area contributed by atoms with Crippen LogP contribution in [0.2, 0.25) is 0 Å². The number of Topliss-reactive ketones (excluding diaryl/α,β-unsaturated/α-hetero) is 1. The van der Waals surface area contributed by atoms with Crippen molar-refractivity contribution in [2.24, 2.45) is 5.92 Å². The van der Waals surface area contributed by atoms with Crippen molar-refractivity contribution in [3.63, 3.8) is 0 Å². The molecule has 0 atom stereocenters. The van der Waals surface area contributed by atoms with Crippen molar-refractivity contribution in [3.8, 4) is 0 Å². The average Bonchev–Trinajstić information content (AvgIpc) is 2.43. The Balaban J connectivity index is 6.51. The molecule has 0 unspecified atom stereocenters. The van der Waals surface area contributed by atoms with Crippen LogP contribution in [0.1, 0.15) is 20.3 Å². The molecule has 0 saturated heterocycles. The van der Waals surface area contributed by atoms with Crippen molar-refractivity contribution in [2.45, 2.75) is 62.0 Å². The van der Waals surface area contributed by atoms with Crippen LogP contribution in [0.15, 0.2) is 0 Å². The van der Waals surface area contributed by atoms with Crippen LogP contribution >= 0.6 is 0 Å². The monoisotopic (exact) mass is 454 g/mol. The van der Waals surface area contributed by atoms with Gasteiger partial charge in [-0.1, -0.05) is 13.8 Å². The molecule has 0 heterocycles. The molecule has 0 aromatic heterocycles. The second kappa shape index (κ2) is 6.85. The number of hydrogen-bond acceptors (Lipinski definition) is 1. The minimum absolute atomic E-state index is 0.886. The van der Waals surface area contributed by atoms with E-state index in [1.807, 2.05) is 0 Å². The van der Waals surface area contributed by atoms with Crippen LogP contribution < -0.4 is 0 Å². The number of ketones is 1. The Bertz CT molecular complexity index is 586. The second-order valence-electron chi connectivity index (χ2n) is 5.97. The number of hydrogen-bond donors (Lipinski definition) is 0. The molecule has 0 aliphatic carbocycles. The zero-order chi connectivity index (χ0) is 23.4. The highest BCUT2D eigenvalue weighted by molar-refractivity contribution is 5.87. The normalized spacial score (nSPS) is 15.9. The molecule has 0 aliphatic rings. The second-order valence-corrected chi connectivity index (χ2v) is 5.97. The Morgan fingerprint density at radius 3 is 1.14 bits per heavy atom. The summed E-state index contributed by atoms with van der Waals surface area (Å²) >= 11 is 0. The van der Waals surface area contributed by atoms with E-state index in [4.69, 9.17) is 0 Å². The molecule has 0 amide bonds. The van der Waals surface area contributed by atoms with E-state index in [2.05, 4.69) is 0 Å². The molecule has 168 valence electrons. The zero-order valence-corrected chi connectivity index (χ0v) is 13.4. The fourth-order valence-electron chi connectivity index (χ4n) is 1.64. The van der Waals surface area contributed by atoms with E-state index in [9.17, 15) is 70.7 Å². The predicted molar refractivity (Wildman–Crippen MR) is 60.2 cm³/mol. The van der Waals surface area contributed by atoms with E-state index in [0.717, 1.165) is 13.8 Å². The molecule has 0 aromatic rings. The van der Waals surface area contributed by atoms with Gasteiger partial charge in [0.15, 0.2) is 0 Å². The van der Waals surface area contributed by atoms with Gasteiger partial charge in [-0.2, -0.15) is 65.9 Å². The summed E-state index contributed by atoms with van der Waals surface area (Å²) < 4.78 is 193.